The van der Waals surface area contributed by atoms with Crippen LogP contribution in [0, 0.1) is 0 Å². The predicted molar refractivity (Wildman–Crippen MR) is 64.1 cm³/mol. The van der Waals surface area contributed by atoms with Gasteiger partial charge >= 0.3 is 0 Å². The van der Waals surface area contributed by atoms with Gasteiger partial charge in [0.05, 0.1) is 11.2 Å². The Labute approximate surface area is 98.2 Å². The Morgan fingerprint density at radius 3 is 2.82 bits per heavy atom. The summed E-state index contributed by atoms with van der Waals surface area (Å²) in [5, 5.41) is 5.12. The first-order valence-electron chi connectivity index (χ1n) is 5.65. The van der Waals surface area contributed by atoms with Crippen molar-refractivity contribution in [3.05, 3.63) is 23.9 Å². The average Bonchev–Trinajstić information content (AvgIpc) is 2.56. The first-order chi connectivity index (χ1) is 8.11. The van der Waals surface area contributed by atoms with Crippen molar-refractivity contribution in [2.45, 2.75) is 32.7 Å². The fraction of sp³-hybridized carbons (Fsp3) is 0.417. The minimum absolute atomic E-state index is 0.371. The van der Waals surface area contributed by atoms with E-state index in [1.165, 1.54) is 4.68 Å². The Kier molecular flexibility index (Phi) is 3.26. The van der Waals surface area contributed by atoms with Gasteiger partial charge in [-0.15, -0.1) is 0 Å². The topological polar surface area (TPSA) is 43.8 Å². The smallest absolute Gasteiger partial charge is 0.257 e. The number of hydrogen-bond donors (Lipinski definition) is 1. The molecule has 2 N–H and O–H groups in total. The van der Waals surface area contributed by atoms with Crippen LogP contribution >= 0.6 is 0 Å². The number of nitrogens with zero attached hydrogens (tertiary/aromatic N) is 2. The molecule has 2 rings (SSSR count). The Morgan fingerprint density at radius 1 is 1.41 bits per heavy atom. The molecule has 17 heavy (non-hydrogen) atoms. The number of rotatable bonds is 4. The molecule has 0 aliphatic rings. The number of benzene rings is 1. The number of hydrogen-bond acceptors (Lipinski definition) is 2. The van der Waals surface area contributed by atoms with Crippen LogP contribution in [-0.2, 0) is 13.0 Å². The van der Waals surface area contributed by atoms with Gasteiger partial charge < -0.3 is 5.73 Å². The van der Waals surface area contributed by atoms with Gasteiger partial charge in [-0.1, -0.05) is 13.3 Å². The molecular weight excluding hydrogens is 224 g/mol. The highest BCUT2D eigenvalue weighted by atomic mass is 19.3. The van der Waals surface area contributed by atoms with Gasteiger partial charge in [-0.05, 0) is 24.6 Å². The Hall–Kier alpha value is -1.65. The molecule has 1 aromatic heterocycles. The monoisotopic (exact) mass is 239 g/mol. The van der Waals surface area contributed by atoms with Crippen molar-refractivity contribution in [2.75, 3.05) is 5.73 Å². The standard InChI is InChI=1S/C12H15F2N3/c1-2-3-10-9-6-8(15)4-5-11(9)17(16-10)7-12(13)14/h4-6,12H,2-3,7,15H2,1H3. The third-order valence-corrected chi connectivity index (χ3v) is 2.65. The molecule has 0 radical (unpaired) electrons. The lowest BCUT2D eigenvalue weighted by Gasteiger charge is -2.01. The summed E-state index contributed by atoms with van der Waals surface area (Å²) < 4.78 is 26.2. The lowest BCUT2D eigenvalue weighted by atomic mass is 10.1. The summed E-state index contributed by atoms with van der Waals surface area (Å²) in [6, 6.07) is 5.26. The van der Waals surface area contributed by atoms with Crippen LogP contribution in [0.25, 0.3) is 10.9 Å². The van der Waals surface area contributed by atoms with Crippen LogP contribution in [0.2, 0.25) is 0 Å². The normalized spacial score (nSPS) is 11.5. The molecule has 92 valence electrons. The summed E-state index contributed by atoms with van der Waals surface area (Å²) in [5.41, 5.74) is 7.91. The molecule has 0 fully saturated rings. The number of aryl methyl sites for hydroxylation is 1. The van der Waals surface area contributed by atoms with E-state index >= 15 is 0 Å². The molecule has 5 heteroatoms. The molecule has 0 atom stereocenters. The van der Waals surface area contributed by atoms with E-state index in [0.29, 0.717) is 5.69 Å². The van der Waals surface area contributed by atoms with Gasteiger partial charge in [0.15, 0.2) is 0 Å². The largest absolute Gasteiger partial charge is 0.399 e. The highest BCUT2D eigenvalue weighted by molar-refractivity contribution is 5.85. The lowest BCUT2D eigenvalue weighted by Crippen LogP contribution is -2.08. The van der Waals surface area contributed by atoms with Gasteiger partial charge in [0.25, 0.3) is 6.43 Å². The summed E-state index contributed by atoms with van der Waals surface area (Å²) in [6.45, 7) is 1.66. The van der Waals surface area contributed by atoms with Crippen molar-refractivity contribution in [3.63, 3.8) is 0 Å². The molecule has 1 heterocycles. The highest BCUT2D eigenvalue weighted by Gasteiger charge is 2.13. The second-order valence-electron chi connectivity index (χ2n) is 4.05. The molecule has 0 unspecified atom stereocenters. The third-order valence-electron chi connectivity index (χ3n) is 2.65. The lowest BCUT2D eigenvalue weighted by molar-refractivity contribution is 0.123. The maximum absolute atomic E-state index is 12.4. The molecule has 0 amide bonds. The molecule has 0 spiro atoms. The van der Waals surface area contributed by atoms with E-state index in [1.807, 2.05) is 6.92 Å². The number of aromatic nitrogens is 2. The molecule has 0 aliphatic heterocycles. The number of anilines is 1. The van der Waals surface area contributed by atoms with E-state index in [2.05, 4.69) is 5.10 Å². The molecule has 1 aromatic carbocycles. The summed E-state index contributed by atoms with van der Waals surface area (Å²) in [4.78, 5) is 0. The molecule has 2 aromatic rings. The maximum atomic E-state index is 12.4. The van der Waals surface area contributed by atoms with E-state index in [4.69, 9.17) is 5.73 Å². The van der Waals surface area contributed by atoms with E-state index in [9.17, 15) is 8.78 Å². The minimum atomic E-state index is -2.40. The van der Waals surface area contributed by atoms with Gasteiger partial charge in [0.2, 0.25) is 0 Å². The van der Waals surface area contributed by atoms with Gasteiger partial charge in [0.1, 0.15) is 6.54 Å². The zero-order valence-electron chi connectivity index (χ0n) is 9.66. The Balaban J connectivity index is 2.53. The van der Waals surface area contributed by atoms with Crippen molar-refractivity contribution in [1.82, 2.24) is 9.78 Å². The summed E-state index contributed by atoms with van der Waals surface area (Å²) in [5.74, 6) is 0. The summed E-state index contributed by atoms with van der Waals surface area (Å²) in [7, 11) is 0. The fourth-order valence-corrected chi connectivity index (χ4v) is 1.95. The molecule has 0 saturated carbocycles. The van der Waals surface area contributed by atoms with Crippen LogP contribution in [0.5, 0.6) is 0 Å². The minimum Gasteiger partial charge on any atom is -0.399 e. The number of fused-ring (bicyclic) bond motifs is 1. The number of nitrogens with two attached hydrogens (primary N) is 1. The van der Waals surface area contributed by atoms with Gasteiger partial charge in [-0.25, -0.2) is 8.78 Å². The third kappa shape index (κ3) is 2.38. The molecule has 0 bridgehead atoms. The van der Waals surface area contributed by atoms with Gasteiger partial charge in [-0.3, -0.25) is 4.68 Å². The van der Waals surface area contributed by atoms with Crippen LogP contribution in [0.3, 0.4) is 0 Å². The van der Waals surface area contributed by atoms with Crippen LogP contribution in [0.1, 0.15) is 19.0 Å². The fourth-order valence-electron chi connectivity index (χ4n) is 1.95. The SMILES string of the molecule is CCCc1nn(CC(F)F)c2ccc(N)cc12. The summed E-state index contributed by atoms with van der Waals surface area (Å²) in [6.07, 6.45) is -0.698. The second kappa shape index (κ2) is 4.69. The molecule has 0 aliphatic carbocycles. The number of halogens is 2. The predicted octanol–water partition coefficient (Wildman–Crippen LogP) is 2.84. The Morgan fingerprint density at radius 2 is 2.18 bits per heavy atom. The van der Waals surface area contributed by atoms with Crippen molar-refractivity contribution in [3.8, 4) is 0 Å². The first kappa shape index (κ1) is 11.8. The quantitative estimate of drug-likeness (QED) is 0.834. The second-order valence-corrected chi connectivity index (χ2v) is 4.05. The van der Waals surface area contributed by atoms with Crippen molar-refractivity contribution in [2.24, 2.45) is 0 Å². The van der Waals surface area contributed by atoms with Crippen LogP contribution in [0.4, 0.5) is 14.5 Å². The molecule has 3 nitrogen and oxygen atoms in total. The average molecular weight is 239 g/mol. The molecular formula is C12H15F2N3. The van der Waals surface area contributed by atoms with Crippen molar-refractivity contribution in [1.29, 1.82) is 0 Å². The van der Waals surface area contributed by atoms with E-state index < -0.39 is 6.43 Å². The summed E-state index contributed by atoms with van der Waals surface area (Å²) >= 11 is 0. The van der Waals surface area contributed by atoms with Crippen LogP contribution < -0.4 is 5.73 Å². The number of nitrogen functional groups attached to an aromatic ring is 1. The highest BCUT2D eigenvalue weighted by Crippen LogP contribution is 2.23. The Bertz CT molecular complexity index is 520. The van der Waals surface area contributed by atoms with E-state index in [0.717, 1.165) is 29.4 Å². The zero-order chi connectivity index (χ0) is 12.4. The number of alkyl halides is 2. The zero-order valence-corrected chi connectivity index (χ0v) is 9.66. The van der Waals surface area contributed by atoms with E-state index in [-0.39, 0.29) is 6.54 Å². The van der Waals surface area contributed by atoms with E-state index in [1.54, 1.807) is 18.2 Å². The molecule has 0 saturated heterocycles. The van der Waals surface area contributed by atoms with Gasteiger partial charge in [-0.2, -0.15) is 5.10 Å². The van der Waals surface area contributed by atoms with Crippen molar-refractivity contribution < 1.29 is 8.78 Å². The van der Waals surface area contributed by atoms with Crippen LogP contribution in [0.15, 0.2) is 18.2 Å². The van der Waals surface area contributed by atoms with Crippen LogP contribution in [-0.4, -0.2) is 16.2 Å². The maximum Gasteiger partial charge on any atom is 0.257 e. The first-order valence-corrected chi connectivity index (χ1v) is 5.65. The van der Waals surface area contributed by atoms with Gasteiger partial charge in [0, 0.05) is 11.1 Å². The van der Waals surface area contributed by atoms with Crippen molar-refractivity contribution >= 4 is 16.6 Å².